The third-order valence-electron chi connectivity index (χ3n) is 5.18. The number of nitrogens with zero attached hydrogens (tertiary/aromatic N) is 2. The topological polar surface area (TPSA) is 117 Å². The predicted octanol–water partition coefficient (Wildman–Crippen LogP) is 1.85. The first-order valence-electron chi connectivity index (χ1n) is 9.28. The van der Waals surface area contributed by atoms with E-state index in [9.17, 15) is 22.7 Å². The van der Waals surface area contributed by atoms with Crippen LogP contribution < -0.4 is 4.74 Å². The van der Waals surface area contributed by atoms with Crippen LogP contribution in [0.25, 0.3) is 0 Å². The van der Waals surface area contributed by atoms with E-state index < -0.39 is 27.2 Å². The Morgan fingerprint density at radius 2 is 2.00 bits per heavy atom. The van der Waals surface area contributed by atoms with Gasteiger partial charge in [-0.2, -0.15) is 9.57 Å². The van der Waals surface area contributed by atoms with E-state index in [4.69, 9.17) is 10.00 Å². The number of carbonyl (C=O) groups excluding carboxylic acids is 1. The number of aryl methyl sites for hydroxylation is 1. The first-order valence-corrected chi connectivity index (χ1v) is 10.7. The van der Waals surface area contributed by atoms with Crippen LogP contribution in [-0.4, -0.2) is 57.2 Å². The van der Waals surface area contributed by atoms with Gasteiger partial charge < -0.3 is 14.6 Å². The Kier molecular flexibility index (Phi) is 6.31. The largest absolute Gasteiger partial charge is 0.493 e. The van der Waals surface area contributed by atoms with Crippen molar-refractivity contribution in [2.24, 2.45) is 5.41 Å². The molecule has 0 radical (unpaired) electrons. The standard InChI is InChI=1S/C21H21FN2O6S/c1-14-7-15(20(26)29-2)4-6-19(14)31(27,28)24-10-21(11-24,12-25)13-30-17-5-3-16(9-23)18(22)8-17/h3-8,25H,10-13H2,1-2H3. The quantitative estimate of drug-likeness (QED) is 0.643. The Morgan fingerprint density at radius 3 is 2.55 bits per heavy atom. The van der Waals surface area contributed by atoms with Crippen LogP contribution >= 0.6 is 0 Å². The lowest BCUT2D eigenvalue weighted by atomic mass is 9.83. The lowest BCUT2D eigenvalue weighted by Crippen LogP contribution is -2.62. The normalized spacial score (nSPS) is 15.6. The predicted molar refractivity (Wildman–Crippen MR) is 107 cm³/mol. The number of methoxy groups -OCH3 is 1. The number of carbonyl (C=O) groups is 1. The molecule has 0 aromatic heterocycles. The molecule has 1 fully saturated rings. The monoisotopic (exact) mass is 448 g/mol. The maximum Gasteiger partial charge on any atom is 0.337 e. The smallest absolute Gasteiger partial charge is 0.337 e. The van der Waals surface area contributed by atoms with Crippen LogP contribution in [0.2, 0.25) is 0 Å². The second-order valence-electron chi connectivity index (χ2n) is 7.45. The van der Waals surface area contributed by atoms with Crippen LogP contribution in [-0.2, 0) is 14.8 Å². The highest BCUT2D eigenvalue weighted by molar-refractivity contribution is 7.89. The number of ether oxygens (including phenoxy) is 2. The molecular formula is C21H21FN2O6S. The van der Waals surface area contributed by atoms with Crippen molar-refractivity contribution in [3.8, 4) is 11.8 Å². The number of rotatable bonds is 7. The molecule has 0 amide bonds. The van der Waals surface area contributed by atoms with Gasteiger partial charge in [0.15, 0.2) is 0 Å². The summed E-state index contributed by atoms with van der Waals surface area (Å²) in [5, 5.41) is 18.6. The highest BCUT2D eigenvalue weighted by atomic mass is 32.2. The minimum Gasteiger partial charge on any atom is -0.493 e. The van der Waals surface area contributed by atoms with Crippen molar-refractivity contribution in [1.82, 2.24) is 4.31 Å². The Morgan fingerprint density at radius 1 is 1.29 bits per heavy atom. The number of halogens is 1. The van der Waals surface area contributed by atoms with Crippen LogP contribution in [0.5, 0.6) is 5.75 Å². The average molecular weight is 448 g/mol. The fourth-order valence-corrected chi connectivity index (χ4v) is 5.22. The summed E-state index contributed by atoms with van der Waals surface area (Å²) in [6.07, 6.45) is 0. The lowest BCUT2D eigenvalue weighted by molar-refractivity contribution is -0.0273. The molecule has 1 heterocycles. The molecule has 2 aromatic rings. The summed E-state index contributed by atoms with van der Waals surface area (Å²) in [5.41, 5.74) is -0.306. The zero-order chi connectivity index (χ0) is 22.8. The molecule has 0 atom stereocenters. The van der Waals surface area contributed by atoms with Crippen LogP contribution in [0.15, 0.2) is 41.3 Å². The number of sulfonamides is 1. The van der Waals surface area contributed by atoms with Gasteiger partial charge in [0.1, 0.15) is 17.6 Å². The van der Waals surface area contributed by atoms with Crippen LogP contribution in [0.3, 0.4) is 0 Å². The molecule has 1 N–H and O–H groups in total. The minimum atomic E-state index is -3.84. The first kappa shape index (κ1) is 22.7. The maximum absolute atomic E-state index is 13.7. The third-order valence-corrected chi connectivity index (χ3v) is 7.13. The summed E-state index contributed by atoms with van der Waals surface area (Å²) >= 11 is 0. The van der Waals surface area contributed by atoms with E-state index in [0.717, 1.165) is 6.07 Å². The summed E-state index contributed by atoms with van der Waals surface area (Å²) in [6, 6.07) is 9.69. The van der Waals surface area contributed by atoms with Gasteiger partial charge >= 0.3 is 5.97 Å². The number of hydrogen-bond donors (Lipinski definition) is 1. The SMILES string of the molecule is COC(=O)c1ccc(S(=O)(=O)N2CC(CO)(COc3ccc(C#N)c(F)c3)C2)c(C)c1. The summed E-state index contributed by atoms with van der Waals surface area (Å²) < 4.78 is 51.1. The summed E-state index contributed by atoms with van der Waals surface area (Å²) in [6.45, 7) is 1.27. The number of hydrogen-bond acceptors (Lipinski definition) is 7. The molecule has 1 aliphatic heterocycles. The van der Waals surface area contributed by atoms with Gasteiger partial charge in [-0.1, -0.05) is 0 Å². The van der Waals surface area contributed by atoms with Gasteiger partial charge in [0.2, 0.25) is 10.0 Å². The summed E-state index contributed by atoms with van der Waals surface area (Å²) in [4.78, 5) is 11.7. The molecule has 164 valence electrons. The van der Waals surface area contributed by atoms with E-state index >= 15 is 0 Å². The molecule has 0 saturated carbocycles. The summed E-state index contributed by atoms with van der Waals surface area (Å²) in [5.74, 6) is -1.10. The average Bonchev–Trinajstić information content (AvgIpc) is 2.72. The first-order chi connectivity index (χ1) is 14.7. The zero-order valence-corrected chi connectivity index (χ0v) is 17.8. The van der Waals surface area contributed by atoms with Gasteiger partial charge in [0.25, 0.3) is 0 Å². The van der Waals surface area contributed by atoms with Crippen LogP contribution in [0.4, 0.5) is 4.39 Å². The molecular weight excluding hydrogens is 427 g/mol. The highest BCUT2D eigenvalue weighted by Crippen LogP contribution is 2.36. The fraction of sp³-hybridized carbons (Fsp3) is 0.333. The highest BCUT2D eigenvalue weighted by Gasteiger charge is 2.49. The Hall–Kier alpha value is -3.00. The maximum atomic E-state index is 13.7. The molecule has 0 bridgehead atoms. The molecule has 31 heavy (non-hydrogen) atoms. The van der Waals surface area contributed by atoms with E-state index in [-0.39, 0.29) is 48.1 Å². The third kappa shape index (κ3) is 4.39. The Bertz CT molecular complexity index is 1150. The summed E-state index contributed by atoms with van der Waals surface area (Å²) in [7, 11) is -2.60. The molecule has 8 nitrogen and oxygen atoms in total. The van der Waals surface area contributed by atoms with E-state index in [1.165, 1.54) is 41.7 Å². The molecule has 3 rings (SSSR count). The van der Waals surface area contributed by atoms with E-state index in [0.29, 0.717) is 5.56 Å². The zero-order valence-electron chi connectivity index (χ0n) is 17.0. The van der Waals surface area contributed by atoms with Crippen molar-refractivity contribution in [3.05, 3.63) is 58.9 Å². The number of aliphatic hydroxyl groups excluding tert-OH is 1. The Balaban J connectivity index is 1.70. The number of benzene rings is 2. The van der Waals surface area contributed by atoms with Crippen LogP contribution in [0, 0.1) is 29.5 Å². The number of esters is 1. The molecule has 1 saturated heterocycles. The molecule has 0 unspecified atom stereocenters. The van der Waals surface area contributed by atoms with Crippen molar-refractivity contribution in [1.29, 1.82) is 5.26 Å². The second kappa shape index (κ2) is 8.63. The van der Waals surface area contributed by atoms with Crippen molar-refractivity contribution in [3.63, 3.8) is 0 Å². The molecule has 10 heteroatoms. The van der Waals surface area contributed by atoms with Gasteiger partial charge in [0.05, 0.1) is 41.8 Å². The number of aliphatic hydroxyl groups is 1. The Labute approximate surface area is 179 Å². The minimum absolute atomic E-state index is 0.0167. The fourth-order valence-electron chi connectivity index (χ4n) is 3.34. The van der Waals surface area contributed by atoms with E-state index in [2.05, 4.69) is 4.74 Å². The van der Waals surface area contributed by atoms with Crippen molar-refractivity contribution < 1.29 is 32.2 Å². The second-order valence-corrected chi connectivity index (χ2v) is 9.35. The van der Waals surface area contributed by atoms with Gasteiger partial charge in [0, 0.05) is 19.2 Å². The molecule has 0 spiro atoms. The molecule has 1 aliphatic rings. The number of nitriles is 1. The van der Waals surface area contributed by atoms with Crippen molar-refractivity contribution >= 4 is 16.0 Å². The van der Waals surface area contributed by atoms with Crippen LogP contribution in [0.1, 0.15) is 21.5 Å². The van der Waals surface area contributed by atoms with Crippen molar-refractivity contribution in [2.75, 3.05) is 33.4 Å². The van der Waals surface area contributed by atoms with E-state index in [1.807, 2.05) is 0 Å². The van der Waals surface area contributed by atoms with Gasteiger partial charge in [-0.05, 0) is 42.8 Å². The van der Waals surface area contributed by atoms with Gasteiger partial charge in [-0.25, -0.2) is 17.6 Å². The lowest BCUT2D eigenvalue weighted by Gasteiger charge is -2.47. The van der Waals surface area contributed by atoms with Gasteiger partial charge in [-0.15, -0.1) is 0 Å². The molecule has 2 aromatic carbocycles. The van der Waals surface area contributed by atoms with E-state index in [1.54, 1.807) is 13.0 Å². The molecule has 0 aliphatic carbocycles. The van der Waals surface area contributed by atoms with Gasteiger partial charge in [-0.3, -0.25) is 0 Å². The van der Waals surface area contributed by atoms with Crippen molar-refractivity contribution in [2.45, 2.75) is 11.8 Å².